The van der Waals surface area contributed by atoms with Gasteiger partial charge in [-0.2, -0.15) is 0 Å². The van der Waals surface area contributed by atoms with Crippen molar-refractivity contribution in [1.29, 1.82) is 0 Å². The normalized spacial score (nSPS) is 13.6. The van der Waals surface area contributed by atoms with E-state index in [0.29, 0.717) is 12.0 Å². The average molecular weight is 264 g/mol. The smallest absolute Gasteiger partial charge is 0.312 e. The molecule has 0 spiro atoms. The van der Waals surface area contributed by atoms with E-state index >= 15 is 0 Å². The van der Waals surface area contributed by atoms with Crippen molar-refractivity contribution in [1.82, 2.24) is 5.32 Å². The van der Waals surface area contributed by atoms with Crippen molar-refractivity contribution in [2.24, 2.45) is 5.73 Å². The third-order valence-electron chi connectivity index (χ3n) is 2.92. The molecule has 0 aliphatic carbocycles. The number of carbonyl (C=O) groups is 2. The first-order chi connectivity index (χ1) is 9.06. The molecule has 0 aromatic heterocycles. The van der Waals surface area contributed by atoms with Crippen LogP contribution in [0.3, 0.4) is 0 Å². The average Bonchev–Trinajstić information content (AvgIpc) is 2.39. The molecule has 2 atom stereocenters. The molecule has 0 aliphatic rings. The van der Waals surface area contributed by atoms with Gasteiger partial charge in [0.25, 0.3) is 0 Å². The SMILES string of the molecule is CCCC(N)C(=O)NCC(C(=O)O)c1ccccc1. The highest BCUT2D eigenvalue weighted by molar-refractivity contribution is 5.83. The molecule has 1 aromatic rings. The van der Waals surface area contributed by atoms with E-state index in [4.69, 9.17) is 5.73 Å². The summed E-state index contributed by atoms with van der Waals surface area (Å²) >= 11 is 0. The first-order valence-corrected chi connectivity index (χ1v) is 6.37. The van der Waals surface area contributed by atoms with Gasteiger partial charge in [-0.1, -0.05) is 43.7 Å². The van der Waals surface area contributed by atoms with Crippen molar-refractivity contribution < 1.29 is 14.7 Å². The fourth-order valence-corrected chi connectivity index (χ4v) is 1.81. The second kappa shape index (κ2) is 7.53. The number of nitrogens with two attached hydrogens (primary N) is 1. The van der Waals surface area contributed by atoms with Crippen LogP contribution in [0.15, 0.2) is 30.3 Å². The molecule has 0 heterocycles. The molecule has 0 bridgehead atoms. The molecular weight excluding hydrogens is 244 g/mol. The van der Waals surface area contributed by atoms with Crippen LogP contribution >= 0.6 is 0 Å². The van der Waals surface area contributed by atoms with Crippen LogP contribution in [0.2, 0.25) is 0 Å². The Balaban J connectivity index is 2.61. The summed E-state index contributed by atoms with van der Waals surface area (Å²) in [7, 11) is 0. The highest BCUT2D eigenvalue weighted by atomic mass is 16.4. The summed E-state index contributed by atoms with van der Waals surface area (Å²) in [5, 5.41) is 11.8. The molecule has 4 N–H and O–H groups in total. The van der Waals surface area contributed by atoms with Crippen molar-refractivity contribution in [3.63, 3.8) is 0 Å². The Hall–Kier alpha value is -1.88. The fourth-order valence-electron chi connectivity index (χ4n) is 1.81. The van der Waals surface area contributed by atoms with Crippen molar-refractivity contribution in [3.8, 4) is 0 Å². The summed E-state index contributed by atoms with van der Waals surface area (Å²) in [5.74, 6) is -2.02. The molecule has 0 saturated heterocycles. The van der Waals surface area contributed by atoms with E-state index < -0.39 is 17.9 Å². The lowest BCUT2D eigenvalue weighted by atomic mass is 9.99. The molecule has 0 aliphatic heterocycles. The van der Waals surface area contributed by atoms with Gasteiger partial charge in [0.15, 0.2) is 0 Å². The predicted molar refractivity (Wildman–Crippen MR) is 72.7 cm³/mol. The highest BCUT2D eigenvalue weighted by Gasteiger charge is 2.21. The maximum absolute atomic E-state index is 11.7. The Morgan fingerprint density at radius 2 is 1.95 bits per heavy atom. The molecule has 19 heavy (non-hydrogen) atoms. The standard InChI is InChI=1S/C14H20N2O3/c1-2-6-12(15)13(17)16-9-11(14(18)19)10-7-4-3-5-8-10/h3-5,7-8,11-12H,2,6,9,15H2,1H3,(H,16,17)(H,18,19). The number of aliphatic carboxylic acids is 1. The molecule has 2 unspecified atom stereocenters. The number of amides is 1. The van der Waals surface area contributed by atoms with Gasteiger partial charge in [0, 0.05) is 6.54 Å². The third kappa shape index (κ3) is 4.71. The quantitative estimate of drug-likeness (QED) is 0.687. The molecule has 1 aromatic carbocycles. The predicted octanol–water partition coefficient (Wildman–Crippen LogP) is 1.10. The van der Waals surface area contributed by atoms with Crippen molar-refractivity contribution in [2.75, 3.05) is 6.54 Å². The maximum atomic E-state index is 11.7. The molecule has 0 radical (unpaired) electrons. The lowest BCUT2D eigenvalue weighted by Crippen LogP contribution is -2.42. The minimum absolute atomic E-state index is 0.0512. The van der Waals surface area contributed by atoms with Gasteiger partial charge in [-0.3, -0.25) is 9.59 Å². The van der Waals surface area contributed by atoms with Crippen LogP contribution in [0.1, 0.15) is 31.2 Å². The van der Waals surface area contributed by atoms with Crippen LogP contribution in [0.4, 0.5) is 0 Å². The zero-order valence-corrected chi connectivity index (χ0v) is 11.0. The minimum Gasteiger partial charge on any atom is -0.481 e. The monoisotopic (exact) mass is 264 g/mol. The second-order valence-electron chi connectivity index (χ2n) is 4.44. The van der Waals surface area contributed by atoms with Gasteiger partial charge in [0.1, 0.15) is 0 Å². The summed E-state index contributed by atoms with van der Waals surface area (Å²) in [6.07, 6.45) is 1.41. The van der Waals surface area contributed by atoms with Crippen molar-refractivity contribution in [3.05, 3.63) is 35.9 Å². The molecule has 5 heteroatoms. The lowest BCUT2D eigenvalue weighted by Gasteiger charge is -2.16. The first kappa shape index (κ1) is 15.2. The van der Waals surface area contributed by atoms with Crippen LogP contribution < -0.4 is 11.1 Å². The molecule has 1 amide bonds. The Morgan fingerprint density at radius 3 is 2.47 bits per heavy atom. The topological polar surface area (TPSA) is 92.4 Å². The largest absolute Gasteiger partial charge is 0.481 e. The number of rotatable bonds is 7. The number of nitrogens with one attached hydrogen (secondary N) is 1. The van der Waals surface area contributed by atoms with E-state index in [0.717, 1.165) is 6.42 Å². The Kier molecular flexibility index (Phi) is 6.02. The Labute approximate surface area is 112 Å². The Morgan fingerprint density at radius 1 is 1.32 bits per heavy atom. The fraction of sp³-hybridized carbons (Fsp3) is 0.429. The summed E-state index contributed by atoms with van der Waals surface area (Å²) in [6, 6.07) is 8.26. The van der Waals surface area contributed by atoms with E-state index in [2.05, 4.69) is 5.32 Å². The van der Waals surface area contributed by atoms with Crippen LogP contribution in [0, 0.1) is 0 Å². The van der Waals surface area contributed by atoms with Gasteiger partial charge in [-0.05, 0) is 12.0 Å². The molecule has 0 fully saturated rings. The zero-order chi connectivity index (χ0) is 14.3. The number of carboxylic acids is 1. The zero-order valence-electron chi connectivity index (χ0n) is 11.0. The van der Waals surface area contributed by atoms with Gasteiger partial charge < -0.3 is 16.2 Å². The van der Waals surface area contributed by atoms with Crippen LogP contribution in [0.25, 0.3) is 0 Å². The number of carboxylic acid groups (broad SMARTS) is 1. The van der Waals surface area contributed by atoms with E-state index in [1.54, 1.807) is 24.3 Å². The second-order valence-corrected chi connectivity index (χ2v) is 4.44. The Bertz CT molecular complexity index is 420. The van der Waals surface area contributed by atoms with Gasteiger partial charge in [-0.15, -0.1) is 0 Å². The van der Waals surface area contributed by atoms with Crippen LogP contribution in [-0.4, -0.2) is 29.6 Å². The first-order valence-electron chi connectivity index (χ1n) is 6.37. The lowest BCUT2D eigenvalue weighted by molar-refractivity contribution is -0.138. The molecular formula is C14H20N2O3. The van der Waals surface area contributed by atoms with Gasteiger partial charge in [0.2, 0.25) is 5.91 Å². The maximum Gasteiger partial charge on any atom is 0.312 e. The summed E-state index contributed by atoms with van der Waals surface area (Å²) in [5.41, 5.74) is 6.34. The number of hydrogen-bond donors (Lipinski definition) is 3. The minimum atomic E-state index is -0.962. The highest BCUT2D eigenvalue weighted by Crippen LogP contribution is 2.14. The summed E-state index contributed by atoms with van der Waals surface area (Å²) in [6.45, 7) is 1.99. The molecule has 0 saturated carbocycles. The van der Waals surface area contributed by atoms with E-state index in [1.807, 2.05) is 13.0 Å². The van der Waals surface area contributed by atoms with Gasteiger partial charge >= 0.3 is 5.97 Å². The van der Waals surface area contributed by atoms with E-state index in [9.17, 15) is 14.7 Å². The number of carbonyl (C=O) groups excluding carboxylic acids is 1. The molecule has 104 valence electrons. The van der Waals surface area contributed by atoms with Crippen molar-refractivity contribution in [2.45, 2.75) is 31.7 Å². The van der Waals surface area contributed by atoms with E-state index in [1.165, 1.54) is 0 Å². The van der Waals surface area contributed by atoms with Gasteiger partial charge in [0.05, 0.1) is 12.0 Å². The third-order valence-corrected chi connectivity index (χ3v) is 2.92. The van der Waals surface area contributed by atoms with Crippen LogP contribution in [0.5, 0.6) is 0 Å². The summed E-state index contributed by atoms with van der Waals surface area (Å²) in [4.78, 5) is 22.9. The molecule has 1 rings (SSSR count). The molecule has 5 nitrogen and oxygen atoms in total. The van der Waals surface area contributed by atoms with Crippen molar-refractivity contribution >= 4 is 11.9 Å². The van der Waals surface area contributed by atoms with Crippen LogP contribution in [-0.2, 0) is 9.59 Å². The van der Waals surface area contributed by atoms with Gasteiger partial charge in [-0.25, -0.2) is 0 Å². The summed E-state index contributed by atoms with van der Waals surface area (Å²) < 4.78 is 0. The van der Waals surface area contributed by atoms with E-state index in [-0.39, 0.29) is 12.5 Å². The number of benzene rings is 1. The number of hydrogen-bond acceptors (Lipinski definition) is 3.